The molecule has 90 valence electrons. The fraction of sp³-hybridized carbons (Fsp3) is 0.500. The van der Waals surface area contributed by atoms with Crippen LogP contribution in [0.3, 0.4) is 0 Å². The van der Waals surface area contributed by atoms with Crippen LogP contribution in [-0.2, 0) is 0 Å². The largest absolute Gasteiger partial charge is 0.493 e. The molecule has 0 radical (unpaired) electrons. The third-order valence-electron chi connectivity index (χ3n) is 2.32. The van der Waals surface area contributed by atoms with Crippen molar-refractivity contribution in [3.63, 3.8) is 0 Å². The van der Waals surface area contributed by atoms with Crippen molar-refractivity contribution in [2.24, 2.45) is 0 Å². The Bertz CT molecular complexity index is 342. The van der Waals surface area contributed by atoms with Gasteiger partial charge in [-0.25, -0.2) is 0 Å². The summed E-state index contributed by atoms with van der Waals surface area (Å²) in [7, 11) is 3.21. The molecule has 1 N–H and O–H groups in total. The standard InChI is InChI=1S/C12H18ClNO2/c1-4-5-6-14-10-8-12(16-3)11(15-2)7-9(10)13/h7-8,14H,4-6H2,1-3H3. The maximum Gasteiger partial charge on any atom is 0.162 e. The molecule has 0 heterocycles. The van der Waals surface area contributed by atoms with Crippen molar-refractivity contribution in [2.45, 2.75) is 19.8 Å². The number of nitrogens with one attached hydrogen (secondary N) is 1. The van der Waals surface area contributed by atoms with Crippen molar-refractivity contribution in [3.8, 4) is 11.5 Å². The zero-order chi connectivity index (χ0) is 12.0. The highest BCUT2D eigenvalue weighted by Crippen LogP contribution is 2.35. The molecule has 0 spiro atoms. The number of methoxy groups -OCH3 is 2. The first kappa shape index (κ1) is 13.0. The predicted molar refractivity (Wildman–Crippen MR) is 68.0 cm³/mol. The van der Waals surface area contributed by atoms with Gasteiger partial charge in [-0.2, -0.15) is 0 Å². The van der Waals surface area contributed by atoms with Gasteiger partial charge in [-0.3, -0.25) is 0 Å². The first-order valence-electron chi connectivity index (χ1n) is 5.38. The highest BCUT2D eigenvalue weighted by molar-refractivity contribution is 6.33. The van der Waals surface area contributed by atoms with Crippen molar-refractivity contribution >= 4 is 17.3 Å². The van der Waals surface area contributed by atoms with Crippen LogP contribution >= 0.6 is 11.6 Å². The third-order valence-corrected chi connectivity index (χ3v) is 2.63. The molecule has 0 amide bonds. The van der Waals surface area contributed by atoms with Crippen LogP contribution in [0.5, 0.6) is 11.5 Å². The number of ether oxygens (including phenoxy) is 2. The zero-order valence-electron chi connectivity index (χ0n) is 9.97. The number of hydrogen-bond acceptors (Lipinski definition) is 3. The second-order valence-corrected chi connectivity index (χ2v) is 3.87. The molecule has 4 heteroatoms. The van der Waals surface area contributed by atoms with Crippen molar-refractivity contribution in [1.82, 2.24) is 0 Å². The van der Waals surface area contributed by atoms with E-state index >= 15 is 0 Å². The molecular formula is C12H18ClNO2. The van der Waals surface area contributed by atoms with Gasteiger partial charge < -0.3 is 14.8 Å². The van der Waals surface area contributed by atoms with Crippen LogP contribution in [0.1, 0.15) is 19.8 Å². The lowest BCUT2D eigenvalue weighted by atomic mass is 10.2. The fourth-order valence-electron chi connectivity index (χ4n) is 1.39. The second kappa shape index (κ2) is 6.48. The average Bonchev–Trinajstić information content (AvgIpc) is 2.31. The Morgan fingerprint density at radius 2 is 1.81 bits per heavy atom. The highest BCUT2D eigenvalue weighted by Gasteiger charge is 2.08. The Morgan fingerprint density at radius 1 is 1.19 bits per heavy atom. The Kier molecular flexibility index (Phi) is 5.26. The van der Waals surface area contributed by atoms with Gasteiger partial charge in [-0.05, 0) is 6.42 Å². The second-order valence-electron chi connectivity index (χ2n) is 3.47. The molecule has 0 aliphatic carbocycles. The molecule has 0 saturated carbocycles. The fourth-order valence-corrected chi connectivity index (χ4v) is 1.61. The molecule has 0 aliphatic heterocycles. The van der Waals surface area contributed by atoms with Crippen molar-refractivity contribution in [1.29, 1.82) is 0 Å². The maximum atomic E-state index is 6.12. The molecule has 16 heavy (non-hydrogen) atoms. The quantitative estimate of drug-likeness (QED) is 0.775. The van der Waals surface area contributed by atoms with E-state index in [1.54, 1.807) is 20.3 Å². The molecule has 0 atom stereocenters. The molecule has 1 aromatic rings. The Morgan fingerprint density at radius 3 is 2.38 bits per heavy atom. The van der Waals surface area contributed by atoms with Gasteiger partial charge in [0.25, 0.3) is 0 Å². The van der Waals surface area contributed by atoms with Crippen LogP contribution in [0.4, 0.5) is 5.69 Å². The third kappa shape index (κ3) is 3.20. The molecule has 0 unspecified atom stereocenters. The van der Waals surface area contributed by atoms with Crippen LogP contribution in [0.25, 0.3) is 0 Å². The zero-order valence-corrected chi connectivity index (χ0v) is 10.7. The maximum absolute atomic E-state index is 6.12. The van der Waals surface area contributed by atoms with Crippen molar-refractivity contribution in [2.75, 3.05) is 26.1 Å². The lowest BCUT2D eigenvalue weighted by Gasteiger charge is -2.13. The number of unbranched alkanes of at least 4 members (excludes halogenated alkanes) is 1. The van der Waals surface area contributed by atoms with Crippen LogP contribution < -0.4 is 14.8 Å². The summed E-state index contributed by atoms with van der Waals surface area (Å²) in [4.78, 5) is 0. The van der Waals surface area contributed by atoms with Gasteiger partial charge in [0.15, 0.2) is 11.5 Å². The van der Waals surface area contributed by atoms with Gasteiger partial charge >= 0.3 is 0 Å². The number of hydrogen-bond donors (Lipinski definition) is 1. The van der Waals surface area contributed by atoms with Gasteiger partial charge in [-0.1, -0.05) is 24.9 Å². The number of anilines is 1. The van der Waals surface area contributed by atoms with Crippen molar-refractivity contribution < 1.29 is 9.47 Å². The predicted octanol–water partition coefficient (Wildman–Crippen LogP) is 3.57. The van der Waals surface area contributed by atoms with E-state index in [0.717, 1.165) is 25.1 Å². The van der Waals surface area contributed by atoms with E-state index in [1.165, 1.54) is 0 Å². The summed E-state index contributed by atoms with van der Waals surface area (Å²) in [6, 6.07) is 3.62. The normalized spacial score (nSPS) is 10.0. The van der Waals surface area contributed by atoms with Gasteiger partial charge in [-0.15, -0.1) is 0 Å². The molecule has 0 fully saturated rings. The molecular weight excluding hydrogens is 226 g/mol. The van der Waals surface area contributed by atoms with Crippen LogP contribution in [0, 0.1) is 0 Å². The summed E-state index contributed by atoms with van der Waals surface area (Å²) in [6.07, 6.45) is 2.27. The summed E-state index contributed by atoms with van der Waals surface area (Å²) in [5.74, 6) is 1.33. The summed E-state index contributed by atoms with van der Waals surface area (Å²) < 4.78 is 10.4. The van der Waals surface area contributed by atoms with Gasteiger partial charge in [0.1, 0.15) is 0 Å². The Labute approximate surface area is 102 Å². The summed E-state index contributed by atoms with van der Waals surface area (Å²) in [5, 5.41) is 3.92. The smallest absolute Gasteiger partial charge is 0.162 e. The number of halogens is 1. The minimum Gasteiger partial charge on any atom is -0.493 e. The molecule has 0 aromatic heterocycles. The van der Waals surface area contributed by atoms with Crippen molar-refractivity contribution in [3.05, 3.63) is 17.2 Å². The average molecular weight is 244 g/mol. The minimum atomic E-state index is 0.647. The number of benzene rings is 1. The van der Waals surface area contributed by atoms with Crippen LogP contribution in [-0.4, -0.2) is 20.8 Å². The first-order valence-corrected chi connectivity index (χ1v) is 5.76. The SMILES string of the molecule is CCCCNc1cc(OC)c(OC)cc1Cl. The molecule has 3 nitrogen and oxygen atoms in total. The van der Waals surface area contributed by atoms with E-state index < -0.39 is 0 Å². The molecule has 1 rings (SSSR count). The molecule has 0 aliphatic rings. The molecule has 0 bridgehead atoms. The highest BCUT2D eigenvalue weighted by atomic mass is 35.5. The van der Waals surface area contributed by atoms with E-state index in [4.69, 9.17) is 21.1 Å². The monoisotopic (exact) mass is 243 g/mol. The summed E-state index contributed by atoms with van der Waals surface area (Å²) >= 11 is 6.12. The van der Waals surface area contributed by atoms with Gasteiger partial charge in [0.05, 0.1) is 24.9 Å². The number of rotatable bonds is 6. The minimum absolute atomic E-state index is 0.647. The van der Waals surface area contributed by atoms with E-state index in [0.29, 0.717) is 16.5 Å². The summed E-state index contributed by atoms with van der Waals surface area (Å²) in [6.45, 7) is 3.06. The Balaban J connectivity index is 2.84. The Hall–Kier alpha value is -1.09. The van der Waals surface area contributed by atoms with E-state index in [1.807, 2.05) is 6.07 Å². The van der Waals surface area contributed by atoms with Crippen LogP contribution in [0.15, 0.2) is 12.1 Å². The lowest BCUT2D eigenvalue weighted by Crippen LogP contribution is -2.02. The van der Waals surface area contributed by atoms with Gasteiger partial charge in [0, 0.05) is 18.7 Å². The molecule has 0 saturated heterocycles. The summed E-state index contributed by atoms with van der Waals surface area (Å²) in [5.41, 5.74) is 0.882. The van der Waals surface area contributed by atoms with E-state index in [-0.39, 0.29) is 0 Å². The topological polar surface area (TPSA) is 30.5 Å². The van der Waals surface area contributed by atoms with E-state index in [9.17, 15) is 0 Å². The molecule has 1 aromatic carbocycles. The van der Waals surface area contributed by atoms with E-state index in [2.05, 4.69) is 12.2 Å². The van der Waals surface area contributed by atoms with Crippen LogP contribution in [0.2, 0.25) is 5.02 Å². The lowest BCUT2D eigenvalue weighted by molar-refractivity contribution is 0.355. The van der Waals surface area contributed by atoms with Gasteiger partial charge in [0.2, 0.25) is 0 Å². The first-order chi connectivity index (χ1) is 7.72.